The van der Waals surface area contributed by atoms with Gasteiger partial charge >= 0.3 is 0 Å². The number of nitrogens with zero attached hydrogens (tertiary/aromatic N) is 3. The van der Waals surface area contributed by atoms with E-state index in [0.717, 1.165) is 10.8 Å². The maximum Gasteiger partial charge on any atom is 0.273 e. The average molecular weight is 381 g/mol. The minimum atomic E-state index is -0.354. The number of amides is 1. The number of hydrogen-bond acceptors (Lipinski definition) is 8. The van der Waals surface area contributed by atoms with Gasteiger partial charge < -0.3 is 20.2 Å². The van der Waals surface area contributed by atoms with Gasteiger partial charge in [0.1, 0.15) is 12.0 Å². The van der Waals surface area contributed by atoms with E-state index in [1.165, 1.54) is 17.6 Å². The van der Waals surface area contributed by atoms with Crippen LogP contribution in [0, 0.1) is 0 Å². The zero-order valence-electron chi connectivity index (χ0n) is 14.1. The molecule has 0 spiro atoms. The number of carbonyl (C=O) groups excluding carboxylic acids is 1. The lowest BCUT2D eigenvalue weighted by atomic mass is 10.1. The maximum absolute atomic E-state index is 12.2. The molecule has 27 heavy (non-hydrogen) atoms. The Morgan fingerprint density at radius 2 is 2.22 bits per heavy atom. The minimum Gasteiger partial charge on any atom is -0.483 e. The Bertz CT molecular complexity index is 1090. The lowest BCUT2D eigenvalue weighted by Gasteiger charge is -2.06. The molecular formula is C18H15N5O3S. The Labute approximate surface area is 158 Å². The number of rotatable bonds is 6. The zero-order valence-corrected chi connectivity index (χ0v) is 14.9. The van der Waals surface area contributed by atoms with Crippen LogP contribution in [0.25, 0.3) is 10.8 Å². The monoisotopic (exact) mass is 381 g/mol. The van der Waals surface area contributed by atoms with Crippen LogP contribution in [0.4, 0.5) is 5.13 Å². The Morgan fingerprint density at radius 3 is 3.07 bits per heavy atom. The van der Waals surface area contributed by atoms with Gasteiger partial charge in [-0.3, -0.25) is 9.78 Å². The number of carbonyl (C=O) groups is 1. The first-order valence-electron chi connectivity index (χ1n) is 8.07. The second-order valence-electron chi connectivity index (χ2n) is 5.63. The third-order valence-corrected chi connectivity index (χ3v) is 4.50. The van der Waals surface area contributed by atoms with Crippen molar-refractivity contribution in [1.29, 1.82) is 0 Å². The third kappa shape index (κ3) is 3.87. The Balaban J connectivity index is 1.38. The van der Waals surface area contributed by atoms with E-state index in [2.05, 4.69) is 20.3 Å². The molecule has 0 saturated heterocycles. The number of pyridine rings is 1. The number of fused-ring (bicyclic) bond motifs is 1. The van der Waals surface area contributed by atoms with E-state index in [0.29, 0.717) is 22.5 Å². The van der Waals surface area contributed by atoms with Gasteiger partial charge in [0.15, 0.2) is 17.4 Å². The molecule has 3 aromatic heterocycles. The molecule has 0 atom stereocenters. The number of nitrogen functional groups attached to an aromatic ring is 1. The highest BCUT2D eigenvalue weighted by Gasteiger charge is 2.13. The van der Waals surface area contributed by atoms with Crippen LogP contribution in [0.1, 0.15) is 22.1 Å². The van der Waals surface area contributed by atoms with Crippen molar-refractivity contribution in [1.82, 2.24) is 20.3 Å². The maximum atomic E-state index is 12.2. The van der Waals surface area contributed by atoms with Gasteiger partial charge in [0.05, 0.1) is 12.2 Å². The van der Waals surface area contributed by atoms with Crippen LogP contribution >= 0.6 is 11.3 Å². The smallest absolute Gasteiger partial charge is 0.273 e. The number of anilines is 1. The molecule has 136 valence electrons. The SMILES string of the molecule is Nc1nc(CNC(=O)c2coc(COc3cccc4cnccc34)n2)cs1. The average Bonchev–Trinajstić information content (AvgIpc) is 3.33. The van der Waals surface area contributed by atoms with Gasteiger partial charge in [-0.15, -0.1) is 11.3 Å². The van der Waals surface area contributed by atoms with Crippen molar-refractivity contribution >= 4 is 33.1 Å². The van der Waals surface area contributed by atoms with Crippen molar-refractivity contribution in [3.63, 3.8) is 0 Å². The number of oxazole rings is 1. The second kappa shape index (κ2) is 7.42. The summed E-state index contributed by atoms with van der Waals surface area (Å²) in [5, 5.41) is 6.89. The summed E-state index contributed by atoms with van der Waals surface area (Å²) < 4.78 is 11.1. The van der Waals surface area contributed by atoms with Crippen LogP contribution in [-0.4, -0.2) is 20.9 Å². The van der Waals surface area contributed by atoms with Crippen molar-refractivity contribution in [2.75, 3.05) is 5.73 Å². The fraction of sp³-hybridized carbons (Fsp3) is 0.111. The Morgan fingerprint density at radius 1 is 1.30 bits per heavy atom. The van der Waals surface area contributed by atoms with Crippen molar-refractivity contribution < 1.29 is 13.9 Å². The molecule has 4 aromatic rings. The first-order valence-corrected chi connectivity index (χ1v) is 8.95. The summed E-state index contributed by atoms with van der Waals surface area (Å²) in [6, 6.07) is 7.58. The molecule has 0 fully saturated rings. The lowest BCUT2D eigenvalue weighted by Crippen LogP contribution is -2.23. The standard InChI is InChI=1S/C18H15N5O3S/c19-18-22-12(10-27-18)7-21-17(24)14-8-26-16(23-14)9-25-15-3-1-2-11-6-20-5-4-13(11)15/h1-6,8,10H,7,9H2,(H2,19,22)(H,21,24). The number of nitrogens with two attached hydrogens (primary N) is 1. The fourth-order valence-electron chi connectivity index (χ4n) is 2.50. The highest BCUT2D eigenvalue weighted by molar-refractivity contribution is 7.13. The molecule has 1 amide bonds. The van der Waals surface area contributed by atoms with Crippen LogP contribution < -0.4 is 15.8 Å². The number of hydrogen-bond donors (Lipinski definition) is 2. The fourth-order valence-corrected chi connectivity index (χ4v) is 3.07. The van der Waals surface area contributed by atoms with E-state index in [1.807, 2.05) is 24.3 Å². The van der Waals surface area contributed by atoms with E-state index in [4.69, 9.17) is 14.9 Å². The molecule has 0 bridgehead atoms. The number of thiazole rings is 1. The first-order chi connectivity index (χ1) is 13.2. The molecule has 0 radical (unpaired) electrons. The van der Waals surface area contributed by atoms with Crippen LogP contribution in [0.5, 0.6) is 5.75 Å². The summed E-state index contributed by atoms with van der Waals surface area (Å²) in [6.45, 7) is 0.382. The molecule has 0 aliphatic heterocycles. The minimum absolute atomic E-state index is 0.108. The molecule has 4 rings (SSSR count). The first kappa shape index (κ1) is 17.0. The summed E-state index contributed by atoms with van der Waals surface area (Å²) in [5.41, 5.74) is 6.44. The number of benzene rings is 1. The van der Waals surface area contributed by atoms with Crippen LogP contribution in [0.2, 0.25) is 0 Å². The van der Waals surface area contributed by atoms with Crippen molar-refractivity contribution in [3.05, 3.63) is 65.6 Å². The lowest BCUT2D eigenvalue weighted by molar-refractivity contribution is 0.0945. The summed E-state index contributed by atoms with van der Waals surface area (Å²) >= 11 is 1.32. The molecule has 0 unspecified atom stereocenters. The summed E-state index contributed by atoms with van der Waals surface area (Å²) in [7, 11) is 0. The largest absolute Gasteiger partial charge is 0.483 e. The van der Waals surface area contributed by atoms with Crippen molar-refractivity contribution in [3.8, 4) is 5.75 Å². The molecule has 3 heterocycles. The molecule has 8 nitrogen and oxygen atoms in total. The van der Waals surface area contributed by atoms with Gasteiger partial charge in [0.2, 0.25) is 5.89 Å². The van der Waals surface area contributed by atoms with Crippen LogP contribution in [-0.2, 0) is 13.2 Å². The van der Waals surface area contributed by atoms with Crippen molar-refractivity contribution in [2.45, 2.75) is 13.2 Å². The summed E-state index contributed by atoms with van der Waals surface area (Å²) in [5.74, 6) is 0.650. The molecule has 9 heteroatoms. The molecule has 1 aromatic carbocycles. The van der Waals surface area contributed by atoms with Crippen LogP contribution in [0.15, 0.2) is 52.7 Å². The second-order valence-corrected chi connectivity index (χ2v) is 6.52. The van der Waals surface area contributed by atoms with Crippen LogP contribution in [0.3, 0.4) is 0 Å². The van der Waals surface area contributed by atoms with E-state index in [9.17, 15) is 4.79 Å². The van der Waals surface area contributed by atoms with Gasteiger partial charge in [-0.1, -0.05) is 12.1 Å². The van der Waals surface area contributed by atoms with E-state index >= 15 is 0 Å². The molecule has 0 aliphatic carbocycles. The molecule has 0 saturated carbocycles. The van der Waals surface area contributed by atoms with E-state index < -0.39 is 0 Å². The number of ether oxygens (including phenoxy) is 1. The Hall–Kier alpha value is -3.46. The number of nitrogens with one attached hydrogen (secondary N) is 1. The highest BCUT2D eigenvalue weighted by atomic mass is 32.1. The van der Waals surface area contributed by atoms with Crippen molar-refractivity contribution in [2.24, 2.45) is 0 Å². The topological polar surface area (TPSA) is 116 Å². The summed E-state index contributed by atoms with van der Waals surface area (Å²) in [6.07, 6.45) is 4.78. The third-order valence-electron chi connectivity index (χ3n) is 3.78. The molecule has 0 aliphatic rings. The summed E-state index contributed by atoms with van der Waals surface area (Å²) in [4.78, 5) is 24.5. The quantitative estimate of drug-likeness (QED) is 0.527. The van der Waals surface area contributed by atoms with Gasteiger partial charge in [-0.2, -0.15) is 0 Å². The van der Waals surface area contributed by atoms with E-state index in [-0.39, 0.29) is 24.8 Å². The molecular weight excluding hydrogens is 366 g/mol. The van der Waals surface area contributed by atoms with Gasteiger partial charge in [0, 0.05) is 28.5 Å². The predicted molar refractivity (Wildman–Crippen MR) is 100 cm³/mol. The van der Waals surface area contributed by atoms with E-state index in [1.54, 1.807) is 17.8 Å². The predicted octanol–water partition coefficient (Wildman–Crippen LogP) is 2.77. The highest BCUT2D eigenvalue weighted by Crippen LogP contribution is 2.25. The normalized spacial score (nSPS) is 10.8. The van der Waals surface area contributed by atoms with Gasteiger partial charge in [-0.25, -0.2) is 9.97 Å². The zero-order chi connectivity index (χ0) is 18.6. The van der Waals surface area contributed by atoms with Gasteiger partial charge in [-0.05, 0) is 12.1 Å². The van der Waals surface area contributed by atoms with Gasteiger partial charge in [0.25, 0.3) is 5.91 Å². The molecule has 3 N–H and O–H groups in total. The number of aromatic nitrogens is 3. The Kier molecular flexibility index (Phi) is 4.67.